The molecule has 0 unspecified atom stereocenters. The predicted molar refractivity (Wildman–Crippen MR) is 131 cm³/mol. The standard InChI is InChI=1S/C26H27ClN2O4/c1-4-31-24-13-11-21(15-25(24)32-5-2)26(30)29-28-16-20-10-12-23(22(27)14-20)33-17-19-8-6-18(3)7-9-19/h6-16H,4-5,17H2,1-3H3,(H,29,30)/b28-16+. The quantitative estimate of drug-likeness (QED) is 0.303. The van der Waals surface area contributed by atoms with E-state index in [-0.39, 0.29) is 5.91 Å². The van der Waals surface area contributed by atoms with E-state index in [9.17, 15) is 4.79 Å². The molecular weight excluding hydrogens is 440 g/mol. The zero-order chi connectivity index (χ0) is 23.6. The van der Waals surface area contributed by atoms with E-state index in [0.717, 1.165) is 11.1 Å². The van der Waals surface area contributed by atoms with Gasteiger partial charge < -0.3 is 14.2 Å². The summed E-state index contributed by atoms with van der Waals surface area (Å²) in [5.41, 5.74) is 5.91. The molecule has 0 bridgehead atoms. The van der Waals surface area contributed by atoms with Crippen molar-refractivity contribution in [2.75, 3.05) is 13.2 Å². The van der Waals surface area contributed by atoms with Gasteiger partial charge in [-0.15, -0.1) is 0 Å². The van der Waals surface area contributed by atoms with Gasteiger partial charge in [0.15, 0.2) is 11.5 Å². The highest BCUT2D eigenvalue weighted by Crippen LogP contribution is 2.29. The van der Waals surface area contributed by atoms with Crippen LogP contribution >= 0.6 is 11.6 Å². The van der Waals surface area contributed by atoms with Crippen LogP contribution in [0.15, 0.2) is 65.8 Å². The second-order valence-corrected chi connectivity index (χ2v) is 7.60. The van der Waals surface area contributed by atoms with Gasteiger partial charge in [-0.25, -0.2) is 5.43 Å². The Morgan fingerprint density at radius 3 is 2.30 bits per heavy atom. The summed E-state index contributed by atoms with van der Waals surface area (Å²) in [4.78, 5) is 12.5. The Balaban J connectivity index is 1.59. The molecule has 0 saturated heterocycles. The first-order valence-electron chi connectivity index (χ1n) is 10.7. The maximum absolute atomic E-state index is 12.5. The summed E-state index contributed by atoms with van der Waals surface area (Å²) in [5.74, 6) is 1.33. The van der Waals surface area contributed by atoms with Crippen LogP contribution in [0.2, 0.25) is 5.02 Å². The van der Waals surface area contributed by atoms with Crippen molar-refractivity contribution in [1.29, 1.82) is 0 Å². The summed E-state index contributed by atoms with van der Waals surface area (Å²) in [5, 5.41) is 4.49. The number of rotatable bonds is 10. The molecular formula is C26H27ClN2O4. The molecule has 0 atom stereocenters. The molecule has 0 spiro atoms. The minimum Gasteiger partial charge on any atom is -0.490 e. The molecule has 0 aliphatic heterocycles. The lowest BCUT2D eigenvalue weighted by Crippen LogP contribution is -2.17. The van der Waals surface area contributed by atoms with E-state index in [0.29, 0.717) is 47.7 Å². The number of benzene rings is 3. The lowest BCUT2D eigenvalue weighted by molar-refractivity contribution is 0.0954. The van der Waals surface area contributed by atoms with Gasteiger partial charge in [-0.3, -0.25) is 4.79 Å². The maximum atomic E-state index is 12.5. The van der Waals surface area contributed by atoms with Gasteiger partial charge in [-0.05, 0) is 68.3 Å². The van der Waals surface area contributed by atoms with Gasteiger partial charge in [-0.1, -0.05) is 41.4 Å². The number of hydrazone groups is 1. The number of hydrogen-bond donors (Lipinski definition) is 1. The van der Waals surface area contributed by atoms with Gasteiger partial charge in [0, 0.05) is 5.56 Å². The molecule has 0 aliphatic rings. The molecule has 0 aromatic heterocycles. The normalized spacial score (nSPS) is 10.8. The van der Waals surface area contributed by atoms with Crippen LogP contribution in [0.25, 0.3) is 0 Å². The first-order chi connectivity index (χ1) is 16.0. The Morgan fingerprint density at radius 1 is 0.909 bits per heavy atom. The van der Waals surface area contributed by atoms with Crippen molar-refractivity contribution in [1.82, 2.24) is 5.43 Å². The molecule has 0 radical (unpaired) electrons. The van der Waals surface area contributed by atoms with E-state index in [1.807, 2.05) is 51.1 Å². The van der Waals surface area contributed by atoms with E-state index in [4.69, 9.17) is 25.8 Å². The fourth-order valence-corrected chi connectivity index (χ4v) is 3.23. The van der Waals surface area contributed by atoms with E-state index in [1.165, 1.54) is 11.8 Å². The van der Waals surface area contributed by atoms with Crippen LogP contribution in [0.5, 0.6) is 17.2 Å². The van der Waals surface area contributed by atoms with E-state index in [1.54, 1.807) is 30.3 Å². The summed E-state index contributed by atoms with van der Waals surface area (Å²) in [6.45, 7) is 7.20. The third kappa shape index (κ3) is 6.99. The largest absolute Gasteiger partial charge is 0.490 e. The van der Waals surface area contributed by atoms with Crippen molar-refractivity contribution in [3.05, 3.63) is 87.9 Å². The Morgan fingerprint density at radius 2 is 1.61 bits per heavy atom. The SMILES string of the molecule is CCOc1ccc(C(=O)N/N=C/c2ccc(OCc3ccc(C)cc3)c(Cl)c2)cc1OCC. The average Bonchev–Trinajstić information content (AvgIpc) is 2.81. The topological polar surface area (TPSA) is 69.2 Å². The molecule has 3 aromatic carbocycles. The fourth-order valence-electron chi connectivity index (χ4n) is 2.98. The van der Waals surface area contributed by atoms with Crippen LogP contribution in [0.4, 0.5) is 0 Å². The molecule has 0 saturated carbocycles. The minimum absolute atomic E-state index is 0.362. The number of halogens is 1. The zero-order valence-corrected chi connectivity index (χ0v) is 19.7. The van der Waals surface area contributed by atoms with Crippen molar-refractivity contribution in [3.8, 4) is 17.2 Å². The fraction of sp³-hybridized carbons (Fsp3) is 0.231. The van der Waals surface area contributed by atoms with Crippen LogP contribution in [-0.2, 0) is 6.61 Å². The maximum Gasteiger partial charge on any atom is 0.271 e. The first-order valence-corrected chi connectivity index (χ1v) is 11.1. The van der Waals surface area contributed by atoms with Gasteiger partial charge in [0.2, 0.25) is 0 Å². The highest BCUT2D eigenvalue weighted by atomic mass is 35.5. The average molecular weight is 467 g/mol. The summed E-state index contributed by atoms with van der Waals surface area (Å²) >= 11 is 6.35. The van der Waals surface area contributed by atoms with Gasteiger partial charge >= 0.3 is 0 Å². The van der Waals surface area contributed by atoms with E-state index >= 15 is 0 Å². The summed E-state index contributed by atoms with van der Waals surface area (Å²) in [6.07, 6.45) is 1.52. The van der Waals surface area contributed by atoms with E-state index < -0.39 is 0 Å². The van der Waals surface area contributed by atoms with Crippen molar-refractivity contribution in [2.45, 2.75) is 27.4 Å². The number of ether oxygens (including phenoxy) is 3. The molecule has 1 N–H and O–H groups in total. The summed E-state index contributed by atoms with van der Waals surface area (Å²) in [6, 6.07) is 18.5. The van der Waals surface area contributed by atoms with Crippen molar-refractivity contribution >= 4 is 23.7 Å². The van der Waals surface area contributed by atoms with Gasteiger partial charge in [0.1, 0.15) is 12.4 Å². The number of nitrogens with zero attached hydrogens (tertiary/aromatic N) is 1. The highest BCUT2D eigenvalue weighted by Gasteiger charge is 2.11. The third-order valence-electron chi connectivity index (χ3n) is 4.66. The molecule has 172 valence electrons. The number of carbonyl (C=O) groups excluding carboxylic acids is 1. The van der Waals surface area contributed by atoms with Crippen molar-refractivity contribution in [3.63, 3.8) is 0 Å². The molecule has 33 heavy (non-hydrogen) atoms. The van der Waals surface area contributed by atoms with E-state index in [2.05, 4.69) is 10.5 Å². The number of carbonyl (C=O) groups is 1. The number of nitrogens with one attached hydrogen (secondary N) is 1. The lowest BCUT2D eigenvalue weighted by atomic mass is 10.2. The van der Waals surface area contributed by atoms with Crippen LogP contribution in [0.3, 0.4) is 0 Å². The Kier molecular flexibility index (Phi) is 8.72. The zero-order valence-electron chi connectivity index (χ0n) is 18.9. The molecule has 0 fully saturated rings. The molecule has 1 amide bonds. The molecule has 0 aliphatic carbocycles. The third-order valence-corrected chi connectivity index (χ3v) is 4.95. The second-order valence-electron chi connectivity index (χ2n) is 7.19. The monoisotopic (exact) mass is 466 g/mol. The number of amides is 1. The smallest absolute Gasteiger partial charge is 0.271 e. The predicted octanol–water partition coefficient (Wildman–Crippen LogP) is 5.79. The minimum atomic E-state index is -0.362. The van der Waals surface area contributed by atoms with Crippen LogP contribution in [0.1, 0.15) is 40.9 Å². The summed E-state index contributed by atoms with van der Waals surface area (Å²) in [7, 11) is 0. The van der Waals surface area contributed by atoms with Crippen LogP contribution in [0, 0.1) is 6.92 Å². The Bertz CT molecular complexity index is 1110. The molecule has 0 heterocycles. The first kappa shape index (κ1) is 24.1. The molecule has 3 aromatic rings. The molecule has 7 heteroatoms. The van der Waals surface area contributed by atoms with Crippen LogP contribution in [-0.4, -0.2) is 25.3 Å². The Hall–Kier alpha value is -3.51. The number of aryl methyl sites for hydroxylation is 1. The molecule has 3 rings (SSSR count). The number of hydrogen-bond acceptors (Lipinski definition) is 5. The van der Waals surface area contributed by atoms with Crippen molar-refractivity contribution in [2.24, 2.45) is 5.10 Å². The second kappa shape index (κ2) is 11.9. The lowest BCUT2D eigenvalue weighted by Gasteiger charge is -2.11. The summed E-state index contributed by atoms with van der Waals surface area (Å²) < 4.78 is 16.9. The van der Waals surface area contributed by atoms with Gasteiger partial charge in [-0.2, -0.15) is 5.10 Å². The van der Waals surface area contributed by atoms with Crippen LogP contribution < -0.4 is 19.6 Å². The van der Waals surface area contributed by atoms with Gasteiger partial charge in [0.25, 0.3) is 5.91 Å². The Labute approximate surface area is 199 Å². The van der Waals surface area contributed by atoms with Gasteiger partial charge in [0.05, 0.1) is 24.5 Å². The highest BCUT2D eigenvalue weighted by molar-refractivity contribution is 6.32. The van der Waals surface area contributed by atoms with Crippen molar-refractivity contribution < 1.29 is 19.0 Å². The molecule has 6 nitrogen and oxygen atoms in total.